The van der Waals surface area contributed by atoms with Gasteiger partial charge < -0.3 is 9.84 Å². The molecule has 0 bridgehead atoms. The van der Waals surface area contributed by atoms with Gasteiger partial charge in [0, 0.05) is 13.6 Å². The van der Waals surface area contributed by atoms with Crippen molar-refractivity contribution in [2.45, 2.75) is 74.7 Å². The van der Waals surface area contributed by atoms with Crippen molar-refractivity contribution in [2.75, 3.05) is 13.7 Å². The number of nitrogens with zero attached hydrogens (tertiary/aromatic N) is 4. The number of aromatic nitrogens is 3. The molecule has 9 nitrogen and oxygen atoms in total. The van der Waals surface area contributed by atoms with E-state index in [-0.39, 0.29) is 23.4 Å². The van der Waals surface area contributed by atoms with Crippen LogP contribution in [-0.2, 0) is 23.0 Å². The van der Waals surface area contributed by atoms with Gasteiger partial charge in [0.15, 0.2) is 0 Å². The molecule has 1 N–H and O–H groups in total. The molecular weight excluding hydrogens is 460 g/mol. The average molecular weight is 495 g/mol. The highest BCUT2D eigenvalue weighted by molar-refractivity contribution is 5.81. The number of rotatable bonds is 6. The predicted octanol–water partition coefficient (Wildman–Crippen LogP) is 1.55. The van der Waals surface area contributed by atoms with Crippen LogP contribution in [0.5, 0.6) is 0 Å². The maximum Gasteiger partial charge on any atom is 0.347 e. The molecule has 0 unspecified atom stereocenters. The molecule has 2 aromatic rings. The zero-order chi connectivity index (χ0) is 25.2. The van der Waals surface area contributed by atoms with E-state index >= 15 is 0 Å². The summed E-state index contributed by atoms with van der Waals surface area (Å²) in [6, 6.07) is 8.49. The Bertz CT molecular complexity index is 1310. The third-order valence-electron chi connectivity index (χ3n) is 8.88. The SMILES string of the molecule is COC(=O)C1(N2CC3=C[C@@H](C4CC4)n4c(=O)n(C)c(=O)n4[C@H]3[C@@H]2[C@@H](O)Cc2ccccc2)CCCC1. The number of carbonyl (C=O) groups excluding carboxylic acids is 1. The van der Waals surface area contributed by atoms with Crippen LogP contribution in [0.15, 0.2) is 51.6 Å². The third-order valence-corrected chi connectivity index (χ3v) is 8.88. The molecule has 1 aromatic heterocycles. The second-order valence-corrected chi connectivity index (χ2v) is 10.9. The van der Waals surface area contributed by atoms with Crippen LogP contribution in [0.3, 0.4) is 0 Å². The molecule has 0 spiro atoms. The topological polar surface area (TPSA) is 98.7 Å². The standard InChI is InChI=1S/C27H34N4O5/c1-28-25(34)30-20(18-10-11-18)15-19-16-29(27(24(33)36-2)12-6-7-13-27)23(22(19)31(30)26(28)35)21(32)14-17-8-4-3-5-9-17/h3-5,8-9,15,18,20-23,32H,6-7,10-14,16H2,1-2H3/t20-,21-,22+,23-/m0/s1. The van der Waals surface area contributed by atoms with Crippen LogP contribution in [-0.4, -0.2) is 61.2 Å². The predicted molar refractivity (Wildman–Crippen MR) is 133 cm³/mol. The number of aliphatic hydroxyl groups excluding tert-OH is 1. The lowest BCUT2D eigenvalue weighted by molar-refractivity contribution is -0.158. The average Bonchev–Trinajstić information content (AvgIpc) is 3.40. The third kappa shape index (κ3) is 3.39. The number of aliphatic hydroxyl groups is 1. The number of hydrogen-bond acceptors (Lipinski definition) is 6. The van der Waals surface area contributed by atoms with Gasteiger partial charge in [0.05, 0.1) is 31.3 Å². The van der Waals surface area contributed by atoms with Crippen molar-refractivity contribution in [3.8, 4) is 0 Å². The van der Waals surface area contributed by atoms with E-state index in [9.17, 15) is 19.5 Å². The van der Waals surface area contributed by atoms with Gasteiger partial charge in [0.1, 0.15) is 5.54 Å². The first-order chi connectivity index (χ1) is 17.4. The summed E-state index contributed by atoms with van der Waals surface area (Å²) in [4.78, 5) is 42.1. The fourth-order valence-corrected chi connectivity index (χ4v) is 6.99. The Morgan fingerprint density at radius 1 is 1.11 bits per heavy atom. The summed E-state index contributed by atoms with van der Waals surface area (Å²) in [5.74, 6) is 0.0414. The number of fused-ring (bicyclic) bond motifs is 3. The van der Waals surface area contributed by atoms with Crippen molar-refractivity contribution < 1.29 is 14.6 Å². The Labute approximate surface area is 209 Å². The van der Waals surface area contributed by atoms with Gasteiger partial charge in [-0.15, -0.1) is 0 Å². The highest BCUT2D eigenvalue weighted by Crippen LogP contribution is 2.50. The Morgan fingerprint density at radius 2 is 1.78 bits per heavy atom. The minimum absolute atomic E-state index is 0.179. The van der Waals surface area contributed by atoms with Crippen LogP contribution in [0, 0.1) is 5.92 Å². The van der Waals surface area contributed by atoms with Crippen molar-refractivity contribution in [2.24, 2.45) is 13.0 Å². The molecule has 2 aliphatic carbocycles. The van der Waals surface area contributed by atoms with Gasteiger partial charge in [-0.25, -0.2) is 23.5 Å². The Kier molecular flexibility index (Phi) is 5.60. The quantitative estimate of drug-likeness (QED) is 0.483. The van der Waals surface area contributed by atoms with E-state index in [1.54, 1.807) is 9.36 Å². The maximum atomic E-state index is 13.5. The summed E-state index contributed by atoms with van der Waals surface area (Å²) in [5.41, 5.74) is 0.426. The van der Waals surface area contributed by atoms with Gasteiger partial charge in [-0.2, -0.15) is 0 Å². The number of hydrogen-bond donors (Lipinski definition) is 1. The highest BCUT2D eigenvalue weighted by Gasteiger charge is 2.58. The van der Waals surface area contributed by atoms with Crippen LogP contribution in [0.25, 0.3) is 0 Å². The number of esters is 1. The normalized spacial score (nSPS) is 27.9. The van der Waals surface area contributed by atoms with Gasteiger partial charge in [0.25, 0.3) is 0 Å². The molecule has 1 saturated heterocycles. The smallest absolute Gasteiger partial charge is 0.347 e. The number of benzene rings is 1. The van der Waals surface area contributed by atoms with E-state index < -0.39 is 23.7 Å². The first-order valence-electron chi connectivity index (χ1n) is 13.0. The van der Waals surface area contributed by atoms with E-state index in [4.69, 9.17) is 4.74 Å². The summed E-state index contributed by atoms with van der Waals surface area (Å²) >= 11 is 0. The lowest BCUT2D eigenvalue weighted by Gasteiger charge is -2.42. The van der Waals surface area contributed by atoms with Gasteiger partial charge in [0.2, 0.25) is 0 Å². The molecule has 1 aromatic carbocycles. The Hall–Kier alpha value is -2.91. The second kappa shape index (κ2) is 8.59. The van der Waals surface area contributed by atoms with Crippen LogP contribution in [0.1, 0.15) is 56.2 Å². The molecule has 9 heteroatoms. The molecule has 4 atom stereocenters. The molecule has 192 valence electrons. The number of allylic oxidation sites excluding steroid dienone is 1. The molecule has 36 heavy (non-hydrogen) atoms. The molecule has 6 rings (SSSR count). The second-order valence-electron chi connectivity index (χ2n) is 10.9. The van der Waals surface area contributed by atoms with Crippen LogP contribution < -0.4 is 11.4 Å². The lowest BCUT2D eigenvalue weighted by Crippen LogP contribution is -2.59. The van der Waals surface area contributed by atoms with Crippen LogP contribution in [0.2, 0.25) is 0 Å². The molecule has 2 saturated carbocycles. The highest BCUT2D eigenvalue weighted by atomic mass is 16.5. The number of methoxy groups -OCH3 is 1. The first-order valence-corrected chi connectivity index (χ1v) is 13.0. The van der Waals surface area contributed by atoms with Gasteiger partial charge >= 0.3 is 17.3 Å². The number of ether oxygens (including phenoxy) is 1. The molecule has 3 heterocycles. The summed E-state index contributed by atoms with van der Waals surface area (Å²) in [7, 11) is 2.93. The summed E-state index contributed by atoms with van der Waals surface area (Å²) < 4.78 is 9.69. The zero-order valence-corrected chi connectivity index (χ0v) is 20.9. The minimum Gasteiger partial charge on any atom is -0.468 e. The number of likely N-dealkylation sites (tertiary alicyclic amines) is 1. The van der Waals surface area contributed by atoms with Crippen molar-refractivity contribution in [3.05, 3.63) is 68.5 Å². The molecule has 2 aliphatic heterocycles. The van der Waals surface area contributed by atoms with E-state index in [0.717, 1.165) is 36.8 Å². The fourth-order valence-electron chi connectivity index (χ4n) is 6.99. The molecule has 0 radical (unpaired) electrons. The summed E-state index contributed by atoms with van der Waals surface area (Å²) in [6.07, 6.45) is 6.79. The Balaban J connectivity index is 1.51. The van der Waals surface area contributed by atoms with E-state index in [0.29, 0.717) is 31.7 Å². The van der Waals surface area contributed by atoms with E-state index in [1.807, 2.05) is 30.3 Å². The van der Waals surface area contributed by atoms with Crippen LogP contribution >= 0.6 is 0 Å². The summed E-state index contributed by atoms with van der Waals surface area (Å²) in [5, 5.41) is 11.8. The monoisotopic (exact) mass is 494 g/mol. The first kappa shape index (κ1) is 23.5. The molecule has 4 aliphatic rings. The molecule has 3 fully saturated rings. The van der Waals surface area contributed by atoms with Crippen molar-refractivity contribution >= 4 is 5.97 Å². The molecular formula is C27H34N4O5. The zero-order valence-electron chi connectivity index (χ0n) is 20.9. The fraction of sp³-hybridized carbons (Fsp3) is 0.593. The van der Waals surface area contributed by atoms with Gasteiger partial charge in [-0.3, -0.25) is 9.69 Å². The summed E-state index contributed by atoms with van der Waals surface area (Å²) in [6.45, 7) is 0.467. The van der Waals surface area contributed by atoms with Gasteiger partial charge in [-0.05, 0) is 49.2 Å². The number of carbonyl (C=O) groups is 1. The van der Waals surface area contributed by atoms with E-state index in [1.165, 1.54) is 18.7 Å². The van der Waals surface area contributed by atoms with Crippen molar-refractivity contribution in [3.63, 3.8) is 0 Å². The van der Waals surface area contributed by atoms with Crippen LogP contribution in [0.4, 0.5) is 0 Å². The van der Waals surface area contributed by atoms with Crippen molar-refractivity contribution in [1.82, 2.24) is 18.8 Å². The lowest BCUT2D eigenvalue weighted by atomic mass is 9.89. The molecule has 0 amide bonds. The largest absolute Gasteiger partial charge is 0.468 e. The van der Waals surface area contributed by atoms with Crippen molar-refractivity contribution in [1.29, 1.82) is 0 Å². The maximum absolute atomic E-state index is 13.5. The Morgan fingerprint density at radius 3 is 2.42 bits per heavy atom. The van der Waals surface area contributed by atoms with Gasteiger partial charge in [-0.1, -0.05) is 49.2 Å². The minimum atomic E-state index is -0.862. The van der Waals surface area contributed by atoms with E-state index in [2.05, 4.69) is 11.0 Å².